The topological polar surface area (TPSA) is 56.1 Å². The summed E-state index contributed by atoms with van der Waals surface area (Å²) in [6.45, 7) is 1.45. The van der Waals surface area contributed by atoms with Crippen LogP contribution in [-0.2, 0) is 6.54 Å². The summed E-state index contributed by atoms with van der Waals surface area (Å²) in [7, 11) is 1.65. The number of Topliss-reactive ketones (excluding diaryl/α,β-unsaturated/α-hetero) is 1. The van der Waals surface area contributed by atoms with Gasteiger partial charge >= 0.3 is 0 Å². The predicted molar refractivity (Wildman–Crippen MR) is 76.4 cm³/mol. The van der Waals surface area contributed by atoms with Gasteiger partial charge < -0.3 is 10.1 Å². The van der Waals surface area contributed by atoms with Crippen LogP contribution < -0.4 is 10.1 Å². The Balaban J connectivity index is 1.81. The highest BCUT2D eigenvalue weighted by atomic mass is 16.5. The van der Waals surface area contributed by atoms with E-state index < -0.39 is 0 Å². The van der Waals surface area contributed by atoms with Gasteiger partial charge in [-0.15, -0.1) is 0 Å². The summed E-state index contributed by atoms with van der Waals surface area (Å²) in [5.41, 5.74) is 1.83. The van der Waals surface area contributed by atoms with Crippen molar-refractivity contribution in [3.05, 3.63) is 41.6 Å². The third-order valence-electron chi connectivity index (χ3n) is 3.44. The highest BCUT2D eigenvalue weighted by Gasteiger charge is 2.18. The first-order chi connectivity index (χ1) is 9.76. The molecule has 2 aromatic rings. The molecule has 104 valence electrons. The Hall–Kier alpha value is -2.30. The molecule has 0 unspecified atom stereocenters. The molecule has 2 heterocycles. The summed E-state index contributed by atoms with van der Waals surface area (Å²) in [6, 6.07) is 7.85. The monoisotopic (exact) mass is 271 g/mol. The molecule has 0 saturated carbocycles. The van der Waals surface area contributed by atoms with Crippen molar-refractivity contribution in [3.8, 4) is 5.75 Å². The number of hydrogen-bond donors (Lipinski definition) is 1. The molecular weight excluding hydrogens is 254 g/mol. The summed E-state index contributed by atoms with van der Waals surface area (Å²) in [5.74, 6) is 1.72. The fourth-order valence-electron chi connectivity index (χ4n) is 2.35. The number of rotatable bonds is 3. The van der Waals surface area contributed by atoms with E-state index in [9.17, 15) is 4.79 Å². The highest BCUT2D eigenvalue weighted by molar-refractivity contribution is 6.00. The zero-order chi connectivity index (χ0) is 13.9. The van der Waals surface area contributed by atoms with Crippen molar-refractivity contribution in [2.45, 2.75) is 19.4 Å². The number of hydrogen-bond acceptors (Lipinski definition) is 4. The molecule has 0 aliphatic carbocycles. The number of ketones is 1. The van der Waals surface area contributed by atoms with Gasteiger partial charge in [0.2, 0.25) is 0 Å². The highest BCUT2D eigenvalue weighted by Crippen LogP contribution is 2.20. The number of fused-ring (bicyclic) bond motifs is 1. The van der Waals surface area contributed by atoms with Crippen molar-refractivity contribution in [3.63, 3.8) is 0 Å². The third-order valence-corrected chi connectivity index (χ3v) is 3.44. The molecule has 0 fully saturated rings. The first-order valence-electron chi connectivity index (χ1n) is 6.74. The second-order valence-corrected chi connectivity index (χ2v) is 4.89. The maximum Gasteiger partial charge on any atom is 0.168 e. The number of methoxy groups -OCH3 is 1. The van der Waals surface area contributed by atoms with Gasteiger partial charge in [-0.1, -0.05) is 12.1 Å². The van der Waals surface area contributed by atoms with Crippen LogP contribution in [0.15, 0.2) is 30.5 Å². The predicted octanol–water partition coefficient (Wildman–Crippen LogP) is 2.33. The average molecular weight is 271 g/mol. The van der Waals surface area contributed by atoms with Gasteiger partial charge in [0, 0.05) is 19.2 Å². The Bertz CT molecular complexity index is 617. The van der Waals surface area contributed by atoms with E-state index in [0.29, 0.717) is 24.3 Å². The average Bonchev–Trinajstić information content (AvgIpc) is 2.79. The van der Waals surface area contributed by atoms with E-state index in [0.717, 1.165) is 24.3 Å². The molecule has 3 rings (SSSR count). The quantitative estimate of drug-likeness (QED) is 0.931. The van der Waals surface area contributed by atoms with E-state index in [2.05, 4.69) is 10.4 Å². The standard InChI is InChI=1S/C15H17N3O2/c1-20-12-6-4-11(5-7-12)9-18-10-13-14(19)3-2-8-16-15(13)17-18/h4-7,10H,2-3,8-9H2,1H3,(H,16,17). The number of carbonyl (C=O) groups excluding carboxylic acids is 1. The van der Waals surface area contributed by atoms with E-state index in [4.69, 9.17) is 4.74 Å². The van der Waals surface area contributed by atoms with Crippen LogP contribution in [0.4, 0.5) is 5.82 Å². The zero-order valence-corrected chi connectivity index (χ0v) is 11.4. The van der Waals surface area contributed by atoms with E-state index in [1.54, 1.807) is 7.11 Å². The van der Waals surface area contributed by atoms with Crippen LogP contribution in [0.2, 0.25) is 0 Å². The molecule has 1 aromatic heterocycles. The van der Waals surface area contributed by atoms with Crippen molar-refractivity contribution in [2.24, 2.45) is 0 Å². The van der Waals surface area contributed by atoms with Crippen LogP contribution in [0.25, 0.3) is 0 Å². The summed E-state index contributed by atoms with van der Waals surface area (Å²) in [4.78, 5) is 11.9. The van der Waals surface area contributed by atoms with Gasteiger partial charge in [-0.05, 0) is 24.1 Å². The maximum atomic E-state index is 11.9. The molecule has 20 heavy (non-hydrogen) atoms. The number of carbonyl (C=O) groups is 1. The minimum Gasteiger partial charge on any atom is -0.497 e. The van der Waals surface area contributed by atoms with Crippen molar-refractivity contribution in [1.82, 2.24) is 9.78 Å². The van der Waals surface area contributed by atoms with Gasteiger partial charge in [0.15, 0.2) is 11.6 Å². The number of nitrogens with zero attached hydrogens (tertiary/aromatic N) is 2. The second-order valence-electron chi connectivity index (χ2n) is 4.89. The molecule has 5 nitrogen and oxygen atoms in total. The minimum absolute atomic E-state index is 0.172. The first kappa shape index (κ1) is 12.7. The molecular formula is C15H17N3O2. The number of aromatic nitrogens is 2. The van der Waals surface area contributed by atoms with Crippen LogP contribution in [0.5, 0.6) is 5.75 Å². The summed E-state index contributed by atoms with van der Waals surface area (Å²) >= 11 is 0. The third kappa shape index (κ3) is 2.52. The summed E-state index contributed by atoms with van der Waals surface area (Å²) in [6.07, 6.45) is 3.29. The van der Waals surface area contributed by atoms with Crippen LogP contribution in [0.3, 0.4) is 0 Å². The Morgan fingerprint density at radius 1 is 1.35 bits per heavy atom. The van der Waals surface area contributed by atoms with Crippen LogP contribution in [-0.4, -0.2) is 29.2 Å². The van der Waals surface area contributed by atoms with Crippen molar-refractivity contribution in [1.29, 1.82) is 0 Å². The van der Waals surface area contributed by atoms with Crippen molar-refractivity contribution >= 4 is 11.6 Å². The zero-order valence-electron chi connectivity index (χ0n) is 11.4. The Kier molecular flexibility index (Phi) is 3.41. The van der Waals surface area contributed by atoms with Crippen LogP contribution in [0.1, 0.15) is 28.8 Å². The summed E-state index contributed by atoms with van der Waals surface area (Å²) in [5, 5.41) is 7.66. The molecule has 0 saturated heterocycles. The number of ether oxygens (including phenoxy) is 1. The Labute approximate surface area is 117 Å². The molecule has 1 aromatic carbocycles. The van der Waals surface area contributed by atoms with Gasteiger partial charge in [0.1, 0.15) is 5.75 Å². The van der Waals surface area contributed by atoms with E-state index in [1.807, 2.05) is 35.1 Å². The van der Waals surface area contributed by atoms with Gasteiger partial charge in [-0.2, -0.15) is 5.10 Å². The lowest BCUT2D eigenvalue weighted by Crippen LogP contribution is -2.04. The molecule has 0 amide bonds. The number of nitrogens with one attached hydrogen (secondary N) is 1. The van der Waals surface area contributed by atoms with Gasteiger partial charge in [-0.3, -0.25) is 9.48 Å². The smallest absolute Gasteiger partial charge is 0.168 e. The molecule has 0 spiro atoms. The van der Waals surface area contributed by atoms with Crippen molar-refractivity contribution in [2.75, 3.05) is 19.0 Å². The molecule has 5 heteroatoms. The van der Waals surface area contributed by atoms with E-state index in [1.165, 1.54) is 0 Å². The Morgan fingerprint density at radius 2 is 2.15 bits per heavy atom. The maximum absolute atomic E-state index is 11.9. The number of anilines is 1. The SMILES string of the molecule is COc1ccc(Cn2cc3c(n2)NCCCC3=O)cc1. The van der Waals surface area contributed by atoms with Gasteiger partial charge in [0.05, 0.1) is 19.2 Å². The van der Waals surface area contributed by atoms with E-state index >= 15 is 0 Å². The molecule has 0 atom stereocenters. The first-order valence-corrected chi connectivity index (χ1v) is 6.74. The summed E-state index contributed by atoms with van der Waals surface area (Å²) < 4.78 is 6.94. The normalized spacial score (nSPS) is 14.3. The van der Waals surface area contributed by atoms with Crippen molar-refractivity contribution < 1.29 is 9.53 Å². The second kappa shape index (κ2) is 5.36. The number of benzene rings is 1. The lowest BCUT2D eigenvalue weighted by atomic mass is 10.1. The fraction of sp³-hybridized carbons (Fsp3) is 0.333. The van der Waals surface area contributed by atoms with Crippen LogP contribution in [0, 0.1) is 0 Å². The lowest BCUT2D eigenvalue weighted by molar-refractivity contribution is 0.0983. The lowest BCUT2D eigenvalue weighted by Gasteiger charge is -2.04. The minimum atomic E-state index is 0.172. The van der Waals surface area contributed by atoms with Gasteiger partial charge in [-0.25, -0.2) is 0 Å². The molecule has 0 radical (unpaired) electrons. The van der Waals surface area contributed by atoms with Gasteiger partial charge in [0.25, 0.3) is 0 Å². The molecule has 1 aliphatic rings. The molecule has 1 N–H and O–H groups in total. The Morgan fingerprint density at radius 3 is 2.90 bits per heavy atom. The molecule has 1 aliphatic heterocycles. The van der Waals surface area contributed by atoms with E-state index in [-0.39, 0.29) is 5.78 Å². The van der Waals surface area contributed by atoms with Crippen LogP contribution >= 0.6 is 0 Å². The fourth-order valence-corrected chi connectivity index (χ4v) is 2.35. The largest absolute Gasteiger partial charge is 0.497 e. The molecule has 0 bridgehead atoms.